The highest BCUT2D eigenvalue weighted by Gasteiger charge is 2.17. The number of benzene rings is 1. The van der Waals surface area contributed by atoms with Crippen LogP contribution in [0.25, 0.3) is 0 Å². The van der Waals surface area contributed by atoms with Crippen molar-refractivity contribution in [1.29, 1.82) is 0 Å². The van der Waals surface area contributed by atoms with Gasteiger partial charge in [-0.3, -0.25) is 4.79 Å². The van der Waals surface area contributed by atoms with Crippen LogP contribution >= 0.6 is 0 Å². The molecule has 1 aliphatic rings. The van der Waals surface area contributed by atoms with Crippen molar-refractivity contribution in [2.24, 2.45) is 0 Å². The van der Waals surface area contributed by atoms with Gasteiger partial charge in [-0.15, -0.1) is 0 Å². The first-order chi connectivity index (χ1) is 6.33. The summed E-state index contributed by atoms with van der Waals surface area (Å²) in [7, 11) is 0. The predicted molar refractivity (Wildman–Crippen MR) is 48.4 cm³/mol. The van der Waals surface area contributed by atoms with Crippen LogP contribution < -0.4 is 5.32 Å². The summed E-state index contributed by atoms with van der Waals surface area (Å²) in [6, 6.07) is 5.45. The van der Waals surface area contributed by atoms with Gasteiger partial charge in [0.15, 0.2) is 0 Å². The summed E-state index contributed by atoms with van der Waals surface area (Å²) in [5.74, 6) is -0.0310. The minimum absolute atomic E-state index is 0.0104. The smallest absolute Gasteiger partial charge is 0.251 e. The SMILES string of the molecule is O=C1NCCc2c(CO)cccc21. The summed E-state index contributed by atoms with van der Waals surface area (Å²) in [6.07, 6.45) is 0.817. The van der Waals surface area contributed by atoms with Crippen molar-refractivity contribution in [3.05, 3.63) is 34.9 Å². The lowest BCUT2D eigenvalue weighted by atomic mass is 9.95. The van der Waals surface area contributed by atoms with Crippen LogP contribution in [-0.2, 0) is 13.0 Å². The second-order valence-corrected chi connectivity index (χ2v) is 3.11. The van der Waals surface area contributed by atoms with Crippen molar-refractivity contribution in [2.75, 3.05) is 6.54 Å². The Kier molecular flexibility index (Phi) is 2.02. The third-order valence-electron chi connectivity index (χ3n) is 2.35. The van der Waals surface area contributed by atoms with Crippen LogP contribution in [0, 0.1) is 0 Å². The van der Waals surface area contributed by atoms with Crippen molar-refractivity contribution < 1.29 is 9.90 Å². The molecule has 2 N–H and O–H groups in total. The highest BCUT2D eigenvalue weighted by Crippen LogP contribution is 2.18. The van der Waals surface area contributed by atoms with Gasteiger partial charge in [-0.2, -0.15) is 0 Å². The molecular formula is C10H11NO2. The lowest BCUT2D eigenvalue weighted by Crippen LogP contribution is -2.32. The van der Waals surface area contributed by atoms with Gasteiger partial charge in [-0.25, -0.2) is 0 Å². The van der Waals surface area contributed by atoms with E-state index in [-0.39, 0.29) is 12.5 Å². The average molecular weight is 177 g/mol. The summed E-state index contributed by atoms with van der Waals surface area (Å²) < 4.78 is 0. The van der Waals surface area contributed by atoms with E-state index >= 15 is 0 Å². The minimum atomic E-state index is -0.0310. The molecule has 1 aliphatic heterocycles. The number of hydrogen-bond donors (Lipinski definition) is 2. The van der Waals surface area contributed by atoms with Crippen molar-refractivity contribution >= 4 is 5.91 Å². The Labute approximate surface area is 76.4 Å². The molecule has 0 aromatic heterocycles. The first-order valence-electron chi connectivity index (χ1n) is 4.33. The van der Waals surface area contributed by atoms with E-state index in [4.69, 9.17) is 5.11 Å². The van der Waals surface area contributed by atoms with E-state index in [0.29, 0.717) is 12.1 Å². The highest BCUT2D eigenvalue weighted by molar-refractivity contribution is 5.97. The monoisotopic (exact) mass is 177 g/mol. The Morgan fingerprint density at radius 3 is 3.08 bits per heavy atom. The van der Waals surface area contributed by atoms with Crippen LogP contribution in [0.5, 0.6) is 0 Å². The molecule has 0 atom stereocenters. The number of rotatable bonds is 1. The first-order valence-corrected chi connectivity index (χ1v) is 4.33. The molecular weight excluding hydrogens is 166 g/mol. The quantitative estimate of drug-likeness (QED) is 0.655. The number of nitrogens with one attached hydrogen (secondary N) is 1. The topological polar surface area (TPSA) is 49.3 Å². The molecule has 13 heavy (non-hydrogen) atoms. The van der Waals surface area contributed by atoms with Crippen molar-refractivity contribution in [3.63, 3.8) is 0 Å². The Morgan fingerprint density at radius 2 is 2.31 bits per heavy atom. The van der Waals surface area contributed by atoms with Gasteiger partial charge in [-0.1, -0.05) is 12.1 Å². The number of carbonyl (C=O) groups is 1. The Balaban J connectivity index is 2.54. The van der Waals surface area contributed by atoms with E-state index in [1.165, 1.54) is 0 Å². The van der Waals surface area contributed by atoms with Crippen LogP contribution in [0.15, 0.2) is 18.2 Å². The molecule has 1 aromatic rings. The van der Waals surface area contributed by atoms with Gasteiger partial charge in [0.05, 0.1) is 6.61 Å². The molecule has 0 saturated heterocycles. The fourth-order valence-electron chi connectivity index (χ4n) is 1.69. The fraction of sp³-hybridized carbons (Fsp3) is 0.300. The lowest BCUT2D eigenvalue weighted by molar-refractivity contribution is 0.0945. The van der Waals surface area contributed by atoms with Crippen LogP contribution in [0.4, 0.5) is 0 Å². The van der Waals surface area contributed by atoms with Crippen LogP contribution in [0.3, 0.4) is 0 Å². The maximum atomic E-state index is 11.4. The molecule has 1 amide bonds. The Bertz CT molecular complexity index is 347. The molecule has 0 aliphatic carbocycles. The molecule has 0 saturated carbocycles. The molecule has 3 heteroatoms. The predicted octanol–water partition coefficient (Wildman–Crippen LogP) is 0.465. The average Bonchev–Trinajstić information content (AvgIpc) is 2.18. The first kappa shape index (κ1) is 8.26. The maximum Gasteiger partial charge on any atom is 0.251 e. The molecule has 3 nitrogen and oxygen atoms in total. The van der Waals surface area contributed by atoms with Gasteiger partial charge in [0.1, 0.15) is 0 Å². The third-order valence-corrected chi connectivity index (χ3v) is 2.35. The summed E-state index contributed by atoms with van der Waals surface area (Å²) in [6.45, 7) is 0.680. The highest BCUT2D eigenvalue weighted by atomic mass is 16.3. The van der Waals surface area contributed by atoms with Gasteiger partial charge in [0.2, 0.25) is 0 Å². The zero-order chi connectivity index (χ0) is 9.26. The Hall–Kier alpha value is -1.35. The molecule has 0 unspecified atom stereocenters. The van der Waals surface area contributed by atoms with E-state index in [0.717, 1.165) is 17.5 Å². The third kappa shape index (κ3) is 1.31. The molecule has 2 rings (SSSR count). The summed E-state index contributed by atoms with van der Waals surface area (Å²) in [4.78, 5) is 11.4. The molecule has 0 spiro atoms. The van der Waals surface area contributed by atoms with Crippen LogP contribution in [0.1, 0.15) is 21.5 Å². The number of fused-ring (bicyclic) bond motifs is 1. The maximum absolute atomic E-state index is 11.4. The van der Waals surface area contributed by atoms with Gasteiger partial charge >= 0.3 is 0 Å². The summed E-state index contributed by atoms with van der Waals surface area (Å²) >= 11 is 0. The normalized spacial score (nSPS) is 15.0. The number of aliphatic hydroxyl groups excluding tert-OH is 1. The summed E-state index contributed by atoms with van der Waals surface area (Å²) in [5.41, 5.74) is 2.57. The lowest BCUT2D eigenvalue weighted by Gasteiger charge is -2.18. The zero-order valence-corrected chi connectivity index (χ0v) is 7.21. The van der Waals surface area contributed by atoms with Crippen LogP contribution in [-0.4, -0.2) is 17.6 Å². The molecule has 0 bridgehead atoms. The van der Waals surface area contributed by atoms with Crippen molar-refractivity contribution in [2.45, 2.75) is 13.0 Å². The van der Waals surface area contributed by atoms with Gasteiger partial charge in [0.25, 0.3) is 5.91 Å². The second kappa shape index (κ2) is 3.18. The Morgan fingerprint density at radius 1 is 1.46 bits per heavy atom. The van der Waals surface area contributed by atoms with Gasteiger partial charge in [-0.05, 0) is 23.6 Å². The van der Waals surface area contributed by atoms with Crippen LogP contribution in [0.2, 0.25) is 0 Å². The van der Waals surface area contributed by atoms with E-state index in [2.05, 4.69) is 5.32 Å². The van der Waals surface area contributed by atoms with E-state index in [1.54, 1.807) is 12.1 Å². The number of hydrogen-bond acceptors (Lipinski definition) is 2. The fourth-order valence-corrected chi connectivity index (χ4v) is 1.69. The van der Waals surface area contributed by atoms with E-state index in [1.807, 2.05) is 6.07 Å². The molecule has 0 fully saturated rings. The standard InChI is InChI=1S/C10H11NO2/c12-6-7-2-1-3-9-8(7)4-5-11-10(9)13/h1-3,12H,4-6H2,(H,11,13). The molecule has 1 aromatic carbocycles. The number of aliphatic hydroxyl groups is 1. The van der Waals surface area contributed by atoms with Gasteiger partial charge in [0, 0.05) is 12.1 Å². The van der Waals surface area contributed by atoms with Crippen molar-refractivity contribution in [1.82, 2.24) is 5.32 Å². The number of amides is 1. The summed E-state index contributed by atoms with van der Waals surface area (Å²) in [5, 5.41) is 11.8. The minimum Gasteiger partial charge on any atom is -0.392 e. The van der Waals surface area contributed by atoms with Gasteiger partial charge < -0.3 is 10.4 Å². The largest absolute Gasteiger partial charge is 0.392 e. The molecule has 68 valence electrons. The molecule has 1 heterocycles. The second-order valence-electron chi connectivity index (χ2n) is 3.11. The zero-order valence-electron chi connectivity index (χ0n) is 7.21. The van der Waals surface area contributed by atoms with E-state index in [9.17, 15) is 4.79 Å². The number of carbonyl (C=O) groups excluding carboxylic acids is 1. The van der Waals surface area contributed by atoms with Crippen molar-refractivity contribution in [3.8, 4) is 0 Å². The molecule has 0 radical (unpaired) electrons. The van der Waals surface area contributed by atoms with E-state index < -0.39 is 0 Å².